The number of carbonyl (C=O) groups is 2. The van der Waals surface area contributed by atoms with Crippen LogP contribution in [0.25, 0.3) is 0 Å². The Morgan fingerprint density at radius 1 is 1.27 bits per heavy atom. The number of amides is 1. The summed E-state index contributed by atoms with van der Waals surface area (Å²) < 4.78 is 7.59. The van der Waals surface area contributed by atoms with E-state index in [-0.39, 0.29) is 24.5 Å². The Morgan fingerprint density at radius 3 is 2.60 bits per heavy atom. The van der Waals surface area contributed by atoms with E-state index < -0.39 is 0 Å². The van der Waals surface area contributed by atoms with Gasteiger partial charge in [0.15, 0.2) is 5.13 Å². The highest BCUT2D eigenvalue weighted by Gasteiger charge is 2.21. The van der Waals surface area contributed by atoms with Gasteiger partial charge in [0.05, 0.1) is 16.9 Å². The van der Waals surface area contributed by atoms with E-state index in [0.29, 0.717) is 27.1 Å². The third kappa shape index (κ3) is 4.57. The first-order valence-electron chi connectivity index (χ1n) is 9.55. The fourth-order valence-corrected chi connectivity index (χ4v) is 4.56. The van der Waals surface area contributed by atoms with E-state index in [0.717, 1.165) is 11.4 Å². The van der Waals surface area contributed by atoms with Gasteiger partial charge in [-0.3, -0.25) is 9.69 Å². The minimum atomic E-state index is -0.386. The average Bonchev–Trinajstić information content (AvgIpc) is 3.23. The molecule has 6 nitrogen and oxygen atoms in total. The summed E-state index contributed by atoms with van der Waals surface area (Å²) in [6, 6.07) is 9.12. The van der Waals surface area contributed by atoms with Gasteiger partial charge in [-0.15, -0.1) is 11.3 Å². The van der Waals surface area contributed by atoms with Crippen molar-refractivity contribution < 1.29 is 14.3 Å². The third-order valence-electron chi connectivity index (χ3n) is 4.68. The Hall–Kier alpha value is -2.64. The standard InChI is InChI=1S/C22H24ClN3O3S/c1-13(2)25-14(3)9-20(15(25)4)21(28)29-11-18-12-30-22(24-18)26(16(5)27)19-8-6-7-17(23)10-19/h6-10,12-13H,11H2,1-5H3. The molecule has 2 aromatic heterocycles. The third-order valence-corrected chi connectivity index (χ3v) is 5.79. The molecule has 0 fully saturated rings. The largest absolute Gasteiger partial charge is 0.455 e. The lowest BCUT2D eigenvalue weighted by Crippen LogP contribution is -2.22. The number of aromatic nitrogens is 2. The summed E-state index contributed by atoms with van der Waals surface area (Å²) in [6.07, 6.45) is 0. The minimum Gasteiger partial charge on any atom is -0.455 e. The van der Waals surface area contributed by atoms with Crippen LogP contribution in [0.4, 0.5) is 10.8 Å². The van der Waals surface area contributed by atoms with Crippen molar-refractivity contribution in [2.45, 2.75) is 47.3 Å². The van der Waals surface area contributed by atoms with Gasteiger partial charge in [-0.25, -0.2) is 9.78 Å². The van der Waals surface area contributed by atoms with Gasteiger partial charge in [0.25, 0.3) is 0 Å². The zero-order valence-electron chi connectivity index (χ0n) is 17.6. The monoisotopic (exact) mass is 445 g/mol. The summed E-state index contributed by atoms with van der Waals surface area (Å²) in [4.78, 5) is 30.8. The van der Waals surface area contributed by atoms with Crippen LogP contribution >= 0.6 is 22.9 Å². The van der Waals surface area contributed by atoms with Crippen LogP contribution < -0.4 is 4.90 Å². The molecule has 0 unspecified atom stereocenters. The van der Waals surface area contributed by atoms with Crippen LogP contribution in [-0.4, -0.2) is 21.4 Å². The van der Waals surface area contributed by atoms with Crippen LogP contribution in [0.3, 0.4) is 0 Å². The molecule has 0 saturated heterocycles. The molecule has 0 aliphatic carbocycles. The maximum atomic E-state index is 12.6. The van der Waals surface area contributed by atoms with Crippen LogP contribution in [0, 0.1) is 13.8 Å². The van der Waals surface area contributed by atoms with Crippen molar-refractivity contribution in [1.82, 2.24) is 9.55 Å². The Morgan fingerprint density at radius 2 is 2.00 bits per heavy atom. The number of carbonyl (C=O) groups excluding carboxylic acids is 2. The van der Waals surface area contributed by atoms with Gasteiger partial charge in [-0.2, -0.15) is 0 Å². The molecular formula is C22H24ClN3O3S. The van der Waals surface area contributed by atoms with Crippen LogP contribution in [0.15, 0.2) is 35.7 Å². The molecule has 3 aromatic rings. The molecule has 0 atom stereocenters. The number of rotatable bonds is 6. The highest BCUT2D eigenvalue weighted by molar-refractivity contribution is 7.14. The molecule has 1 aromatic carbocycles. The number of hydrogen-bond acceptors (Lipinski definition) is 5. The minimum absolute atomic E-state index is 0.0297. The number of ether oxygens (including phenoxy) is 1. The number of aryl methyl sites for hydroxylation is 1. The summed E-state index contributed by atoms with van der Waals surface area (Å²) in [5.41, 5.74) is 3.67. The van der Waals surface area contributed by atoms with Gasteiger partial charge in [0.1, 0.15) is 6.61 Å². The lowest BCUT2D eigenvalue weighted by atomic mass is 10.2. The Labute approximate surface area is 185 Å². The maximum Gasteiger partial charge on any atom is 0.340 e. The number of hydrogen-bond donors (Lipinski definition) is 0. The Kier molecular flexibility index (Phi) is 6.63. The van der Waals surface area contributed by atoms with Crippen molar-refractivity contribution in [3.63, 3.8) is 0 Å². The molecule has 0 radical (unpaired) electrons. The summed E-state index contributed by atoms with van der Waals surface area (Å²) in [6.45, 7) is 9.54. The van der Waals surface area contributed by atoms with E-state index in [1.807, 2.05) is 19.9 Å². The predicted octanol–water partition coefficient (Wildman–Crippen LogP) is 5.84. The number of nitrogens with zero attached hydrogens (tertiary/aromatic N) is 3. The molecule has 8 heteroatoms. The number of benzene rings is 1. The molecule has 30 heavy (non-hydrogen) atoms. The Balaban J connectivity index is 1.75. The van der Waals surface area contributed by atoms with Gasteiger partial charge in [-0.05, 0) is 52.0 Å². The van der Waals surface area contributed by atoms with E-state index in [1.54, 1.807) is 29.6 Å². The lowest BCUT2D eigenvalue weighted by Gasteiger charge is -2.18. The molecule has 1 amide bonds. The van der Waals surface area contributed by atoms with Gasteiger partial charge >= 0.3 is 5.97 Å². The van der Waals surface area contributed by atoms with Gasteiger partial charge in [-0.1, -0.05) is 17.7 Å². The Bertz CT molecular complexity index is 1090. The van der Waals surface area contributed by atoms with E-state index >= 15 is 0 Å². The first-order valence-corrected chi connectivity index (χ1v) is 10.8. The molecule has 0 spiro atoms. The zero-order valence-corrected chi connectivity index (χ0v) is 19.2. The van der Waals surface area contributed by atoms with Crippen molar-refractivity contribution in [3.05, 3.63) is 63.4 Å². The average molecular weight is 446 g/mol. The fourth-order valence-electron chi connectivity index (χ4n) is 3.50. The van der Waals surface area contributed by atoms with Crippen molar-refractivity contribution in [2.75, 3.05) is 4.90 Å². The van der Waals surface area contributed by atoms with Crippen LogP contribution in [0.5, 0.6) is 0 Å². The highest BCUT2D eigenvalue weighted by Crippen LogP contribution is 2.30. The number of anilines is 2. The molecule has 2 heterocycles. The first kappa shape index (κ1) is 22.1. The van der Waals surface area contributed by atoms with E-state index in [4.69, 9.17) is 16.3 Å². The van der Waals surface area contributed by atoms with Crippen molar-refractivity contribution in [1.29, 1.82) is 0 Å². The predicted molar refractivity (Wildman–Crippen MR) is 120 cm³/mol. The van der Waals surface area contributed by atoms with Crippen LogP contribution in [0.2, 0.25) is 5.02 Å². The van der Waals surface area contributed by atoms with Crippen molar-refractivity contribution >= 4 is 45.6 Å². The van der Waals surface area contributed by atoms with E-state index in [2.05, 4.69) is 23.4 Å². The summed E-state index contributed by atoms with van der Waals surface area (Å²) in [7, 11) is 0. The quantitative estimate of drug-likeness (QED) is 0.447. The maximum absolute atomic E-state index is 12.6. The number of esters is 1. The van der Waals surface area contributed by atoms with Gasteiger partial charge < -0.3 is 9.30 Å². The summed E-state index contributed by atoms with van der Waals surface area (Å²) in [5, 5.41) is 2.80. The SMILES string of the molecule is CC(=O)N(c1cccc(Cl)c1)c1nc(COC(=O)c2cc(C)n(C(C)C)c2C)cs1. The van der Waals surface area contributed by atoms with Crippen molar-refractivity contribution in [2.24, 2.45) is 0 Å². The smallest absolute Gasteiger partial charge is 0.340 e. The first-order chi connectivity index (χ1) is 14.2. The molecular weight excluding hydrogens is 422 g/mol. The summed E-state index contributed by atoms with van der Waals surface area (Å²) >= 11 is 7.36. The number of halogens is 1. The molecule has 0 aliphatic rings. The second kappa shape index (κ2) is 9.02. The molecule has 0 bridgehead atoms. The van der Waals surface area contributed by atoms with Crippen LogP contribution in [-0.2, 0) is 16.1 Å². The van der Waals surface area contributed by atoms with Gasteiger partial charge in [0.2, 0.25) is 5.91 Å². The topological polar surface area (TPSA) is 64.4 Å². The lowest BCUT2D eigenvalue weighted by molar-refractivity contribution is -0.115. The summed E-state index contributed by atoms with van der Waals surface area (Å²) in [5.74, 6) is -0.570. The van der Waals surface area contributed by atoms with Crippen LogP contribution in [0.1, 0.15) is 54.3 Å². The zero-order chi connectivity index (χ0) is 22.0. The molecule has 0 aliphatic heterocycles. The molecule has 3 rings (SSSR count). The highest BCUT2D eigenvalue weighted by atomic mass is 35.5. The number of thiazole rings is 1. The molecule has 0 N–H and O–H groups in total. The molecule has 0 saturated carbocycles. The van der Waals surface area contributed by atoms with E-state index in [1.165, 1.54) is 23.2 Å². The van der Waals surface area contributed by atoms with E-state index in [9.17, 15) is 9.59 Å². The second-order valence-corrected chi connectivity index (χ2v) is 8.55. The fraction of sp³-hybridized carbons (Fsp3) is 0.318. The van der Waals surface area contributed by atoms with Gasteiger partial charge in [0, 0.05) is 34.8 Å². The van der Waals surface area contributed by atoms with Crippen molar-refractivity contribution in [3.8, 4) is 0 Å². The normalized spacial score (nSPS) is 11.0. The molecule has 158 valence electrons. The second-order valence-electron chi connectivity index (χ2n) is 7.28.